The molecule has 0 saturated heterocycles. The van der Waals surface area contributed by atoms with Crippen molar-refractivity contribution in [3.05, 3.63) is 46.7 Å². The number of anilines is 1. The standard InChI is InChI=1S/C17H24N2OS/c1-3-16(20-17-6-4-15(18)5-7-17)11-19-13(2)10-14-8-9-21-12-14/h4-9,12-13,16,19H,3,10-11,18H2,1-2H3. The molecule has 0 aliphatic carbocycles. The average molecular weight is 304 g/mol. The number of nitrogen functional groups attached to an aromatic ring is 1. The monoisotopic (exact) mass is 304 g/mol. The SMILES string of the molecule is CCC(CNC(C)Cc1ccsc1)Oc1ccc(N)cc1. The second-order valence-corrected chi connectivity index (χ2v) is 6.14. The molecule has 3 nitrogen and oxygen atoms in total. The summed E-state index contributed by atoms with van der Waals surface area (Å²) in [4.78, 5) is 0. The van der Waals surface area contributed by atoms with E-state index in [0.717, 1.165) is 30.8 Å². The van der Waals surface area contributed by atoms with E-state index in [2.05, 4.69) is 36.0 Å². The molecule has 1 heterocycles. The lowest BCUT2D eigenvalue weighted by Crippen LogP contribution is -2.37. The first kappa shape index (κ1) is 15.9. The van der Waals surface area contributed by atoms with Crippen LogP contribution in [0.2, 0.25) is 0 Å². The normalized spacial score (nSPS) is 13.8. The van der Waals surface area contributed by atoms with Crippen LogP contribution in [0.1, 0.15) is 25.8 Å². The van der Waals surface area contributed by atoms with Gasteiger partial charge in [-0.3, -0.25) is 0 Å². The molecule has 0 bridgehead atoms. The molecule has 1 aromatic carbocycles. The van der Waals surface area contributed by atoms with E-state index in [9.17, 15) is 0 Å². The third kappa shape index (κ3) is 5.40. The van der Waals surface area contributed by atoms with E-state index >= 15 is 0 Å². The van der Waals surface area contributed by atoms with Gasteiger partial charge in [-0.15, -0.1) is 0 Å². The van der Waals surface area contributed by atoms with Crippen molar-refractivity contribution < 1.29 is 4.74 Å². The molecular formula is C17H24N2OS. The number of rotatable bonds is 8. The van der Waals surface area contributed by atoms with E-state index in [0.29, 0.717) is 6.04 Å². The van der Waals surface area contributed by atoms with Crippen LogP contribution in [-0.4, -0.2) is 18.7 Å². The van der Waals surface area contributed by atoms with E-state index in [4.69, 9.17) is 10.5 Å². The number of thiophene rings is 1. The lowest BCUT2D eigenvalue weighted by Gasteiger charge is -2.21. The summed E-state index contributed by atoms with van der Waals surface area (Å²) in [7, 11) is 0. The molecule has 0 saturated carbocycles. The van der Waals surface area contributed by atoms with Crippen LogP contribution in [-0.2, 0) is 6.42 Å². The second-order valence-electron chi connectivity index (χ2n) is 5.36. The first-order valence-electron chi connectivity index (χ1n) is 7.44. The number of ether oxygens (including phenoxy) is 1. The number of nitrogens with one attached hydrogen (secondary N) is 1. The molecule has 2 atom stereocenters. The van der Waals surface area contributed by atoms with Gasteiger partial charge in [0.2, 0.25) is 0 Å². The van der Waals surface area contributed by atoms with E-state index in [1.54, 1.807) is 11.3 Å². The van der Waals surface area contributed by atoms with Crippen molar-refractivity contribution in [2.24, 2.45) is 0 Å². The van der Waals surface area contributed by atoms with Gasteiger partial charge >= 0.3 is 0 Å². The number of hydrogen-bond acceptors (Lipinski definition) is 4. The highest BCUT2D eigenvalue weighted by atomic mass is 32.1. The molecule has 1 aromatic heterocycles. The molecule has 0 aliphatic heterocycles. The van der Waals surface area contributed by atoms with Gasteiger partial charge in [-0.25, -0.2) is 0 Å². The van der Waals surface area contributed by atoms with Gasteiger partial charge in [-0.1, -0.05) is 6.92 Å². The molecule has 0 spiro atoms. The minimum atomic E-state index is 0.179. The summed E-state index contributed by atoms with van der Waals surface area (Å²) in [6.45, 7) is 5.22. The molecule has 21 heavy (non-hydrogen) atoms. The highest BCUT2D eigenvalue weighted by Crippen LogP contribution is 2.16. The van der Waals surface area contributed by atoms with E-state index < -0.39 is 0 Å². The predicted molar refractivity (Wildman–Crippen MR) is 91.0 cm³/mol. The smallest absolute Gasteiger partial charge is 0.119 e. The largest absolute Gasteiger partial charge is 0.489 e. The highest BCUT2D eigenvalue weighted by molar-refractivity contribution is 7.07. The van der Waals surface area contributed by atoms with Gasteiger partial charge in [0.1, 0.15) is 11.9 Å². The zero-order chi connectivity index (χ0) is 15.1. The fraction of sp³-hybridized carbons (Fsp3) is 0.412. The van der Waals surface area contributed by atoms with Crippen LogP contribution >= 0.6 is 11.3 Å². The first-order chi connectivity index (χ1) is 10.2. The van der Waals surface area contributed by atoms with Crippen molar-refractivity contribution in [2.75, 3.05) is 12.3 Å². The topological polar surface area (TPSA) is 47.3 Å². The Bertz CT molecular complexity index is 510. The Balaban J connectivity index is 1.77. The number of nitrogens with two attached hydrogens (primary N) is 1. The van der Waals surface area contributed by atoms with Crippen LogP contribution in [0.15, 0.2) is 41.1 Å². The molecule has 2 unspecified atom stereocenters. The molecule has 0 amide bonds. The van der Waals surface area contributed by atoms with E-state index in [1.165, 1.54) is 5.56 Å². The molecule has 2 aromatic rings. The van der Waals surface area contributed by atoms with Crippen LogP contribution < -0.4 is 15.8 Å². The molecule has 2 rings (SSSR count). The Hall–Kier alpha value is -1.52. The van der Waals surface area contributed by atoms with Gasteiger partial charge in [0.05, 0.1) is 0 Å². The molecule has 114 valence electrons. The van der Waals surface area contributed by atoms with Crippen LogP contribution in [0.4, 0.5) is 5.69 Å². The zero-order valence-corrected chi connectivity index (χ0v) is 13.5. The van der Waals surface area contributed by atoms with Crippen molar-refractivity contribution in [1.82, 2.24) is 5.32 Å². The molecule has 3 N–H and O–H groups in total. The van der Waals surface area contributed by atoms with Crippen LogP contribution in [0, 0.1) is 0 Å². The molecule has 0 aliphatic rings. The van der Waals surface area contributed by atoms with Crippen LogP contribution in [0.5, 0.6) is 5.75 Å². The maximum Gasteiger partial charge on any atom is 0.119 e. The Morgan fingerprint density at radius 2 is 2.00 bits per heavy atom. The van der Waals surface area contributed by atoms with Gasteiger partial charge in [0.25, 0.3) is 0 Å². The number of benzene rings is 1. The summed E-state index contributed by atoms with van der Waals surface area (Å²) < 4.78 is 5.99. The molecular weight excluding hydrogens is 280 g/mol. The minimum absolute atomic E-state index is 0.179. The third-order valence-electron chi connectivity index (χ3n) is 3.45. The van der Waals surface area contributed by atoms with Gasteiger partial charge in [0.15, 0.2) is 0 Å². The van der Waals surface area contributed by atoms with Gasteiger partial charge in [0, 0.05) is 18.3 Å². The summed E-state index contributed by atoms with van der Waals surface area (Å²) in [6.07, 6.45) is 2.21. The van der Waals surface area contributed by atoms with Crippen LogP contribution in [0.3, 0.4) is 0 Å². The Morgan fingerprint density at radius 1 is 1.24 bits per heavy atom. The quantitative estimate of drug-likeness (QED) is 0.731. The van der Waals surface area contributed by atoms with Crippen molar-refractivity contribution in [2.45, 2.75) is 38.8 Å². The van der Waals surface area contributed by atoms with Crippen molar-refractivity contribution >= 4 is 17.0 Å². The van der Waals surface area contributed by atoms with Crippen molar-refractivity contribution in [3.63, 3.8) is 0 Å². The van der Waals surface area contributed by atoms with E-state index in [1.807, 2.05) is 24.3 Å². The lowest BCUT2D eigenvalue weighted by molar-refractivity contribution is 0.189. The van der Waals surface area contributed by atoms with Crippen LogP contribution in [0.25, 0.3) is 0 Å². The maximum absolute atomic E-state index is 5.99. The fourth-order valence-electron chi connectivity index (χ4n) is 2.18. The average Bonchev–Trinajstić information content (AvgIpc) is 2.98. The zero-order valence-electron chi connectivity index (χ0n) is 12.7. The summed E-state index contributed by atoms with van der Waals surface area (Å²) >= 11 is 1.75. The van der Waals surface area contributed by atoms with E-state index in [-0.39, 0.29) is 6.10 Å². The van der Waals surface area contributed by atoms with Gasteiger partial charge in [-0.05, 0) is 66.4 Å². The lowest BCUT2D eigenvalue weighted by atomic mass is 10.1. The summed E-state index contributed by atoms with van der Waals surface area (Å²) in [5, 5.41) is 7.89. The van der Waals surface area contributed by atoms with Crippen molar-refractivity contribution in [3.8, 4) is 5.75 Å². The first-order valence-corrected chi connectivity index (χ1v) is 8.38. The van der Waals surface area contributed by atoms with Crippen molar-refractivity contribution in [1.29, 1.82) is 0 Å². The Morgan fingerprint density at radius 3 is 2.62 bits per heavy atom. The predicted octanol–water partition coefficient (Wildman–Crippen LogP) is 3.71. The molecule has 0 radical (unpaired) electrons. The minimum Gasteiger partial charge on any atom is -0.489 e. The highest BCUT2D eigenvalue weighted by Gasteiger charge is 2.10. The summed E-state index contributed by atoms with van der Waals surface area (Å²) in [6, 6.07) is 10.2. The second kappa shape index (κ2) is 8.05. The Labute approximate surface area is 131 Å². The summed E-state index contributed by atoms with van der Waals surface area (Å²) in [5.41, 5.74) is 7.84. The Kier molecular flexibility index (Phi) is 6.08. The van der Waals surface area contributed by atoms with Gasteiger partial charge < -0.3 is 15.8 Å². The molecule has 0 fully saturated rings. The summed E-state index contributed by atoms with van der Waals surface area (Å²) in [5.74, 6) is 0.878. The van der Waals surface area contributed by atoms with Gasteiger partial charge in [-0.2, -0.15) is 11.3 Å². The molecule has 4 heteroatoms. The maximum atomic E-state index is 5.99. The fourth-order valence-corrected chi connectivity index (χ4v) is 2.86. The number of hydrogen-bond donors (Lipinski definition) is 2. The third-order valence-corrected chi connectivity index (χ3v) is 4.19.